The predicted octanol–water partition coefficient (Wildman–Crippen LogP) is 3.88. The fraction of sp³-hybridized carbons (Fsp3) is 0. The third-order valence-corrected chi connectivity index (χ3v) is 3.55. The lowest BCUT2D eigenvalue weighted by Gasteiger charge is -2.07. The predicted molar refractivity (Wildman–Crippen MR) is 82.1 cm³/mol. The van der Waals surface area contributed by atoms with Gasteiger partial charge in [-0.15, -0.1) is 0 Å². The maximum absolute atomic E-state index is 3.47. The van der Waals surface area contributed by atoms with Gasteiger partial charge in [-0.05, 0) is 30.3 Å². The van der Waals surface area contributed by atoms with Crippen LogP contribution < -0.4 is 10.3 Å². The molecule has 2 heterocycles. The number of aromatic nitrogens is 2. The summed E-state index contributed by atoms with van der Waals surface area (Å²) in [7, 11) is 0. The average molecular weight is 260 g/mol. The lowest BCUT2D eigenvalue weighted by Crippen LogP contribution is -2.04. The molecule has 0 unspecified atom stereocenters. The van der Waals surface area contributed by atoms with E-state index in [2.05, 4.69) is 51.7 Å². The molecular weight excluding hydrogens is 246 g/mol. The van der Waals surface area contributed by atoms with E-state index in [9.17, 15) is 0 Å². The Morgan fingerprint density at radius 1 is 0.850 bits per heavy atom. The Bertz CT molecular complexity index is 878. The first kappa shape index (κ1) is 11.1. The Hall–Kier alpha value is -2.81. The molecule has 0 radical (unpaired) electrons. The Labute approximate surface area is 116 Å². The molecule has 0 saturated carbocycles. The van der Waals surface area contributed by atoms with Crippen LogP contribution in [0.25, 0.3) is 21.8 Å². The van der Waals surface area contributed by atoms with Crippen LogP contribution in [0.3, 0.4) is 0 Å². The Kier molecular flexibility index (Phi) is 2.42. The summed E-state index contributed by atoms with van der Waals surface area (Å²) >= 11 is 0. The summed E-state index contributed by atoms with van der Waals surface area (Å²) in [6.07, 6.45) is 3.94. The van der Waals surface area contributed by atoms with Gasteiger partial charge in [0.1, 0.15) is 0 Å². The van der Waals surface area contributed by atoms with E-state index in [4.69, 9.17) is 0 Å². The van der Waals surface area contributed by atoms with Crippen molar-refractivity contribution < 1.29 is 4.98 Å². The van der Waals surface area contributed by atoms with E-state index in [1.807, 2.05) is 30.6 Å². The van der Waals surface area contributed by atoms with Gasteiger partial charge in [0, 0.05) is 18.0 Å². The van der Waals surface area contributed by atoms with Crippen molar-refractivity contribution in [2.75, 3.05) is 5.32 Å². The maximum Gasteiger partial charge on any atom is 0.222 e. The van der Waals surface area contributed by atoms with Crippen molar-refractivity contribution in [2.45, 2.75) is 0 Å². The van der Waals surface area contributed by atoms with Crippen LogP contribution in [0.4, 0.5) is 11.4 Å². The van der Waals surface area contributed by atoms with E-state index in [1.165, 1.54) is 10.8 Å². The van der Waals surface area contributed by atoms with Crippen LogP contribution in [0.1, 0.15) is 0 Å². The van der Waals surface area contributed by atoms with Gasteiger partial charge in [0.2, 0.25) is 5.52 Å². The van der Waals surface area contributed by atoms with Crippen LogP contribution in [0.2, 0.25) is 0 Å². The van der Waals surface area contributed by atoms with E-state index < -0.39 is 0 Å². The molecule has 3 N–H and O–H groups in total. The fourth-order valence-corrected chi connectivity index (χ4v) is 2.60. The summed E-state index contributed by atoms with van der Waals surface area (Å²) in [6.45, 7) is 0. The molecule has 3 nitrogen and oxygen atoms in total. The summed E-state index contributed by atoms with van der Waals surface area (Å²) in [4.78, 5) is 6.59. The van der Waals surface area contributed by atoms with Gasteiger partial charge in [-0.3, -0.25) is 0 Å². The molecule has 0 spiro atoms. The van der Waals surface area contributed by atoms with Crippen molar-refractivity contribution in [3.63, 3.8) is 0 Å². The molecule has 0 aliphatic heterocycles. The van der Waals surface area contributed by atoms with Crippen LogP contribution in [-0.2, 0) is 0 Å². The minimum Gasteiger partial charge on any atom is -0.361 e. The lowest BCUT2D eigenvalue weighted by molar-refractivity contribution is -0.343. The summed E-state index contributed by atoms with van der Waals surface area (Å²) < 4.78 is 0. The number of aromatic amines is 2. The average Bonchev–Trinajstić information content (AvgIpc) is 2.97. The van der Waals surface area contributed by atoms with Gasteiger partial charge in [-0.1, -0.05) is 18.2 Å². The van der Waals surface area contributed by atoms with Crippen LogP contribution >= 0.6 is 0 Å². The normalized spacial score (nSPS) is 11.0. The van der Waals surface area contributed by atoms with Crippen molar-refractivity contribution in [3.05, 3.63) is 67.0 Å². The Morgan fingerprint density at radius 3 is 2.65 bits per heavy atom. The molecule has 4 aromatic rings. The number of hydrogen-bond acceptors (Lipinski definition) is 1. The van der Waals surface area contributed by atoms with E-state index in [0.29, 0.717) is 0 Å². The summed E-state index contributed by atoms with van der Waals surface area (Å²) in [5, 5.41) is 5.86. The lowest BCUT2D eigenvalue weighted by atomic mass is 10.1. The van der Waals surface area contributed by atoms with E-state index >= 15 is 0 Å². The third kappa shape index (κ3) is 1.72. The number of anilines is 2. The topological polar surface area (TPSA) is 42.0 Å². The zero-order chi connectivity index (χ0) is 13.4. The molecule has 0 atom stereocenters. The fourth-order valence-electron chi connectivity index (χ4n) is 2.60. The molecule has 0 fully saturated rings. The van der Waals surface area contributed by atoms with Crippen LogP contribution in [0.5, 0.6) is 0 Å². The number of H-pyrrole nitrogens is 2. The molecule has 3 heteroatoms. The summed E-state index contributed by atoms with van der Waals surface area (Å²) in [6, 6.07) is 18.6. The molecule has 96 valence electrons. The molecule has 0 bridgehead atoms. The second kappa shape index (κ2) is 4.38. The molecular formula is C17H14N3+. The van der Waals surface area contributed by atoms with Crippen molar-refractivity contribution in [2.24, 2.45) is 0 Å². The minimum absolute atomic E-state index is 1.09. The quantitative estimate of drug-likeness (QED) is 0.564. The number of nitrogens with one attached hydrogen (secondary N) is 3. The van der Waals surface area contributed by atoms with Crippen LogP contribution in [-0.4, -0.2) is 4.98 Å². The second-order valence-electron chi connectivity index (χ2n) is 4.81. The summed E-state index contributed by atoms with van der Waals surface area (Å²) in [5.41, 5.74) is 4.48. The van der Waals surface area contributed by atoms with Gasteiger partial charge >= 0.3 is 0 Å². The molecule has 2 aromatic carbocycles. The standard InChI is InChI=1S/C17H13N3/c1-2-4-12(5-3-1)20-16-9-11-19-17-13(16)6-7-15-14(17)8-10-18-15/h1-11,18H,(H,19,20)/p+1. The zero-order valence-electron chi connectivity index (χ0n) is 10.9. The number of hydrogen-bond donors (Lipinski definition) is 2. The monoisotopic (exact) mass is 260 g/mol. The Morgan fingerprint density at radius 2 is 1.75 bits per heavy atom. The molecule has 0 saturated heterocycles. The van der Waals surface area contributed by atoms with Crippen molar-refractivity contribution >= 4 is 33.2 Å². The number of pyridine rings is 1. The van der Waals surface area contributed by atoms with Crippen LogP contribution in [0, 0.1) is 0 Å². The third-order valence-electron chi connectivity index (χ3n) is 3.55. The van der Waals surface area contributed by atoms with Gasteiger partial charge in [0.25, 0.3) is 0 Å². The maximum atomic E-state index is 3.47. The SMILES string of the molecule is c1ccc(Nc2cc[nH+]c3c2ccc2[nH]ccc23)cc1. The number of benzene rings is 2. The minimum atomic E-state index is 1.09. The molecule has 0 aliphatic rings. The van der Waals surface area contributed by atoms with E-state index in [-0.39, 0.29) is 0 Å². The summed E-state index contributed by atoms with van der Waals surface area (Å²) in [5.74, 6) is 0. The van der Waals surface area contributed by atoms with Gasteiger partial charge < -0.3 is 10.3 Å². The molecule has 4 rings (SSSR count). The molecule has 20 heavy (non-hydrogen) atoms. The highest BCUT2D eigenvalue weighted by atomic mass is 14.9. The highest BCUT2D eigenvalue weighted by Crippen LogP contribution is 2.28. The first-order valence-corrected chi connectivity index (χ1v) is 6.64. The van der Waals surface area contributed by atoms with Gasteiger partial charge in [0.05, 0.1) is 22.0 Å². The van der Waals surface area contributed by atoms with Gasteiger partial charge in [-0.2, -0.15) is 0 Å². The van der Waals surface area contributed by atoms with E-state index in [0.717, 1.165) is 22.4 Å². The number of para-hydroxylation sites is 1. The number of rotatable bonds is 2. The second-order valence-corrected chi connectivity index (χ2v) is 4.81. The first-order valence-electron chi connectivity index (χ1n) is 6.64. The molecule has 0 aliphatic carbocycles. The molecule has 2 aromatic heterocycles. The first-order chi connectivity index (χ1) is 9.92. The van der Waals surface area contributed by atoms with Gasteiger partial charge in [-0.25, -0.2) is 4.98 Å². The van der Waals surface area contributed by atoms with Crippen molar-refractivity contribution in [1.29, 1.82) is 0 Å². The zero-order valence-corrected chi connectivity index (χ0v) is 10.9. The van der Waals surface area contributed by atoms with Crippen molar-refractivity contribution in [1.82, 2.24) is 4.98 Å². The van der Waals surface area contributed by atoms with Crippen molar-refractivity contribution in [3.8, 4) is 0 Å². The smallest absolute Gasteiger partial charge is 0.222 e. The van der Waals surface area contributed by atoms with Crippen LogP contribution in [0.15, 0.2) is 67.0 Å². The number of fused-ring (bicyclic) bond motifs is 3. The van der Waals surface area contributed by atoms with E-state index in [1.54, 1.807) is 0 Å². The van der Waals surface area contributed by atoms with Gasteiger partial charge in [0.15, 0.2) is 6.20 Å². The highest BCUT2D eigenvalue weighted by molar-refractivity contribution is 6.06. The largest absolute Gasteiger partial charge is 0.361 e. The molecule has 0 amide bonds. The highest BCUT2D eigenvalue weighted by Gasteiger charge is 2.10. The Balaban J connectivity index is 1.91.